The normalized spacial score (nSPS) is 15.4. The SMILES string of the molecule is CC(Sc1nnc(CN2CCCCC2)n1-c1ccc(OC(F)F)cc1)C(=O)c1ccc(F)cc1. The molecule has 0 bridgehead atoms. The summed E-state index contributed by atoms with van der Waals surface area (Å²) in [7, 11) is 0. The van der Waals surface area contributed by atoms with Crippen molar-refractivity contribution < 1.29 is 22.7 Å². The minimum Gasteiger partial charge on any atom is -0.435 e. The number of thioether (sulfide) groups is 1. The molecule has 0 N–H and O–H groups in total. The number of alkyl halides is 2. The first-order chi connectivity index (χ1) is 16.4. The maximum absolute atomic E-state index is 13.2. The zero-order valence-electron chi connectivity index (χ0n) is 18.7. The van der Waals surface area contributed by atoms with E-state index in [2.05, 4.69) is 19.8 Å². The van der Waals surface area contributed by atoms with Gasteiger partial charge in [-0.1, -0.05) is 18.2 Å². The lowest BCUT2D eigenvalue weighted by molar-refractivity contribution is -0.0498. The highest BCUT2D eigenvalue weighted by Crippen LogP contribution is 2.29. The van der Waals surface area contributed by atoms with Gasteiger partial charge in [-0.15, -0.1) is 10.2 Å². The van der Waals surface area contributed by atoms with Crippen molar-refractivity contribution in [1.29, 1.82) is 0 Å². The Hall–Kier alpha value is -2.85. The zero-order chi connectivity index (χ0) is 24.1. The third kappa shape index (κ3) is 5.98. The maximum Gasteiger partial charge on any atom is 0.387 e. The van der Waals surface area contributed by atoms with E-state index < -0.39 is 17.7 Å². The average Bonchev–Trinajstić information content (AvgIpc) is 3.21. The number of rotatable bonds is 9. The van der Waals surface area contributed by atoms with E-state index >= 15 is 0 Å². The Labute approximate surface area is 200 Å². The van der Waals surface area contributed by atoms with Crippen molar-refractivity contribution in [3.8, 4) is 11.4 Å². The summed E-state index contributed by atoms with van der Waals surface area (Å²) in [6.45, 7) is 1.38. The molecular formula is C24H25F3N4O2S. The molecule has 2 heterocycles. The number of Topliss-reactive ketones (excluding diaryl/α,β-unsaturated/α-hetero) is 1. The smallest absolute Gasteiger partial charge is 0.387 e. The third-order valence-corrected chi connectivity index (χ3v) is 6.66. The predicted molar refractivity (Wildman–Crippen MR) is 123 cm³/mol. The summed E-state index contributed by atoms with van der Waals surface area (Å²) in [5, 5.41) is 8.75. The number of halogens is 3. The largest absolute Gasteiger partial charge is 0.435 e. The number of aromatic nitrogens is 3. The summed E-state index contributed by atoms with van der Waals surface area (Å²) in [5.74, 6) is 0.197. The molecule has 6 nitrogen and oxygen atoms in total. The van der Waals surface area contributed by atoms with Crippen molar-refractivity contribution in [2.45, 2.75) is 49.7 Å². The van der Waals surface area contributed by atoms with Gasteiger partial charge in [-0.05, 0) is 81.4 Å². The van der Waals surface area contributed by atoms with Crippen molar-refractivity contribution >= 4 is 17.5 Å². The number of ketones is 1. The Morgan fingerprint density at radius 2 is 1.71 bits per heavy atom. The number of ether oxygens (including phenoxy) is 1. The van der Waals surface area contributed by atoms with Gasteiger partial charge in [0.05, 0.1) is 11.8 Å². The van der Waals surface area contributed by atoms with Crippen LogP contribution in [-0.2, 0) is 6.54 Å². The molecule has 0 saturated carbocycles. The van der Waals surface area contributed by atoms with Gasteiger partial charge in [-0.2, -0.15) is 8.78 Å². The molecule has 10 heteroatoms. The molecule has 1 fully saturated rings. The molecule has 1 unspecified atom stereocenters. The van der Waals surface area contributed by atoms with Crippen LogP contribution < -0.4 is 4.74 Å². The number of carbonyl (C=O) groups excluding carboxylic acids is 1. The first-order valence-corrected chi connectivity index (χ1v) is 12.0. The molecule has 0 amide bonds. The standard InChI is InChI=1S/C24H25F3N4O2S/c1-16(22(32)17-5-7-18(25)8-6-17)34-24-29-28-21(15-30-13-3-2-4-14-30)31(24)19-9-11-20(12-10-19)33-23(26)27/h5-12,16,23H,2-4,13-15H2,1H3. The summed E-state index contributed by atoms with van der Waals surface area (Å²) in [6, 6.07) is 11.7. The second kappa shape index (κ2) is 11.1. The van der Waals surface area contributed by atoms with Gasteiger partial charge in [-0.25, -0.2) is 4.39 Å². The average molecular weight is 491 g/mol. The number of benzene rings is 2. The Kier molecular flexibility index (Phi) is 7.89. The fourth-order valence-corrected chi connectivity index (χ4v) is 4.86. The molecule has 0 aliphatic carbocycles. The lowest BCUT2D eigenvalue weighted by Crippen LogP contribution is -2.30. The number of likely N-dealkylation sites (tertiary alicyclic amines) is 1. The fraction of sp³-hybridized carbons (Fsp3) is 0.375. The van der Waals surface area contributed by atoms with Crippen LogP contribution in [0, 0.1) is 5.82 Å². The number of nitrogens with zero attached hydrogens (tertiary/aromatic N) is 4. The lowest BCUT2D eigenvalue weighted by atomic mass is 10.1. The van der Waals surface area contributed by atoms with Crippen LogP contribution in [0.4, 0.5) is 13.2 Å². The summed E-state index contributed by atoms with van der Waals surface area (Å²) in [5.41, 5.74) is 1.09. The number of piperidine rings is 1. The molecule has 0 spiro atoms. The van der Waals surface area contributed by atoms with Crippen LogP contribution in [0.3, 0.4) is 0 Å². The molecule has 2 aromatic carbocycles. The zero-order valence-corrected chi connectivity index (χ0v) is 19.5. The minimum absolute atomic E-state index is 0.0541. The second-order valence-electron chi connectivity index (χ2n) is 8.07. The van der Waals surface area contributed by atoms with Gasteiger partial charge in [0, 0.05) is 11.3 Å². The number of hydrogen-bond acceptors (Lipinski definition) is 6. The highest BCUT2D eigenvalue weighted by molar-refractivity contribution is 8.00. The van der Waals surface area contributed by atoms with Crippen LogP contribution in [0.2, 0.25) is 0 Å². The van der Waals surface area contributed by atoms with E-state index in [1.165, 1.54) is 54.6 Å². The Morgan fingerprint density at radius 3 is 2.35 bits per heavy atom. The minimum atomic E-state index is -2.90. The van der Waals surface area contributed by atoms with E-state index in [9.17, 15) is 18.0 Å². The highest BCUT2D eigenvalue weighted by Gasteiger charge is 2.23. The second-order valence-corrected chi connectivity index (χ2v) is 9.38. The van der Waals surface area contributed by atoms with Gasteiger partial charge in [0.25, 0.3) is 0 Å². The van der Waals surface area contributed by atoms with E-state index in [1.807, 2.05) is 4.57 Å². The molecule has 0 radical (unpaired) electrons. The van der Waals surface area contributed by atoms with Gasteiger partial charge in [0.1, 0.15) is 11.6 Å². The molecule has 180 valence electrons. The van der Waals surface area contributed by atoms with Crippen molar-refractivity contribution in [3.05, 3.63) is 65.7 Å². The number of carbonyl (C=O) groups is 1. The molecule has 4 rings (SSSR count). The quantitative estimate of drug-likeness (QED) is 0.297. The van der Waals surface area contributed by atoms with Crippen molar-refractivity contribution in [2.24, 2.45) is 0 Å². The van der Waals surface area contributed by atoms with Crippen molar-refractivity contribution in [1.82, 2.24) is 19.7 Å². The molecular weight excluding hydrogens is 465 g/mol. The Bertz CT molecular complexity index is 1100. The molecule has 3 aromatic rings. The highest BCUT2D eigenvalue weighted by atomic mass is 32.2. The molecule has 34 heavy (non-hydrogen) atoms. The van der Waals surface area contributed by atoms with Crippen molar-refractivity contribution in [3.63, 3.8) is 0 Å². The fourth-order valence-electron chi connectivity index (χ4n) is 3.89. The first kappa shape index (κ1) is 24.3. The monoisotopic (exact) mass is 490 g/mol. The van der Waals surface area contributed by atoms with Gasteiger partial charge in [0.2, 0.25) is 0 Å². The topological polar surface area (TPSA) is 60.3 Å². The summed E-state index contributed by atoms with van der Waals surface area (Å²) in [6.07, 6.45) is 3.45. The van der Waals surface area contributed by atoms with Gasteiger partial charge >= 0.3 is 6.61 Å². The summed E-state index contributed by atoms with van der Waals surface area (Å²) < 4.78 is 44.7. The number of hydrogen-bond donors (Lipinski definition) is 0. The van der Waals surface area contributed by atoms with Gasteiger partial charge in [-0.3, -0.25) is 14.3 Å². The molecule has 1 atom stereocenters. The van der Waals surface area contributed by atoms with Crippen LogP contribution in [0.1, 0.15) is 42.4 Å². The Balaban J connectivity index is 1.60. The van der Waals surface area contributed by atoms with Gasteiger partial charge in [0.15, 0.2) is 16.8 Å². The van der Waals surface area contributed by atoms with E-state index in [0.717, 1.165) is 25.9 Å². The van der Waals surface area contributed by atoms with Crippen LogP contribution in [0.25, 0.3) is 5.69 Å². The van der Waals surface area contributed by atoms with Gasteiger partial charge < -0.3 is 4.74 Å². The lowest BCUT2D eigenvalue weighted by Gasteiger charge is -2.26. The van der Waals surface area contributed by atoms with Crippen LogP contribution >= 0.6 is 11.8 Å². The maximum atomic E-state index is 13.2. The summed E-state index contributed by atoms with van der Waals surface area (Å²) >= 11 is 1.25. The van der Waals surface area contributed by atoms with Crippen LogP contribution in [0.15, 0.2) is 53.7 Å². The van der Waals surface area contributed by atoms with Crippen molar-refractivity contribution in [2.75, 3.05) is 13.1 Å². The van der Waals surface area contributed by atoms with Crippen LogP contribution in [0.5, 0.6) is 5.75 Å². The van der Waals surface area contributed by atoms with E-state index in [4.69, 9.17) is 0 Å². The molecule has 1 aromatic heterocycles. The van der Waals surface area contributed by atoms with E-state index in [0.29, 0.717) is 28.8 Å². The third-order valence-electron chi connectivity index (χ3n) is 5.61. The molecule has 1 aliphatic heterocycles. The first-order valence-electron chi connectivity index (χ1n) is 11.1. The molecule has 1 saturated heterocycles. The summed E-state index contributed by atoms with van der Waals surface area (Å²) in [4.78, 5) is 15.2. The van der Waals surface area contributed by atoms with E-state index in [-0.39, 0.29) is 11.5 Å². The van der Waals surface area contributed by atoms with E-state index in [1.54, 1.807) is 19.1 Å². The predicted octanol–water partition coefficient (Wildman–Crippen LogP) is 5.36. The Morgan fingerprint density at radius 1 is 1.03 bits per heavy atom. The molecule has 1 aliphatic rings. The van der Waals surface area contributed by atoms with Crippen LogP contribution in [-0.4, -0.2) is 50.4 Å².